The number of aromatic nitrogens is 3. The van der Waals surface area contributed by atoms with E-state index < -0.39 is 0 Å². The minimum Gasteiger partial charge on any atom is -0.356 e. The smallest absolute Gasteiger partial charge is 0.246 e. The fourth-order valence-electron chi connectivity index (χ4n) is 2.36. The molecule has 2 heterocycles. The van der Waals surface area contributed by atoms with E-state index in [0.717, 1.165) is 29.2 Å². The standard InChI is InChI=1S/C18H21ClN6OS.HI/c1-11-12(2)27-16(23-11)8-9-21-18(20-3)22-10-15-24-17(25-26-15)13-4-6-14(19)7-5-13;/h4-7H,8-10H2,1-3H3,(H2,20,21,22);1H. The van der Waals surface area contributed by atoms with Gasteiger partial charge in [-0.3, -0.25) is 4.99 Å². The molecule has 3 rings (SSSR count). The molecule has 0 spiro atoms. The van der Waals surface area contributed by atoms with Gasteiger partial charge in [0.15, 0.2) is 5.96 Å². The Balaban J connectivity index is 0.00000280. The zero-order chi connectivity index (χ0) is 19.2. The van der Waals surface area contributed by atoms with Crippen LogP contribution in [0.4, 0.5) is 0 Å². The van der Waals surface area contributed by atoms with Gasteiger partial charge in [0, 0.05) is 35.5 Å². The van der Waals surface area contributed by atoms with E-state index in [2.05, 4.69) is 37.7 Å². The van der Waals surface area contributed by atoms with Gasteiger partial charge in [0.05, 0.1) is 17.2 Å². The molecule has 28 heavy (non-hydrogen) atoms. The number of aryl methyl sites for hydroxylation is 2. The van der Waals surface area contributed by atoms with E-state index in [1.807, 2.05) is 19.1 Å². The van der Waals surface area contributed by atoms with Crippen LogP contribution in [0.1, 0.15) is 21.5 Å². The Labute approximate surface area is 190 Å². The first-order valence-corrected chi connectivity index (χ1v) is 9.70. The highest BCUT2D eigenvalue weighted by molar-refractivity contribution is 14.0. The number of hydrogen-bond acceptors (Lipinski definition) is 6. The van der Waals surface area contributed by atoms with Crippen molar-refractivity contribution in [2.75, 3.05) is 13.6 Å². The molecule has 0 saturated heterocycles. The summed E-state index contributed by atoms with van der Waals surface area (Å²) < 4.78 is 5.29. The molecule has 0 atom stereocenters. The van der Waals surface area contributed by atoms with Crippen LogP contribution in [0.25, 0.3) is 11.4 Å². The molecule has 2 aromatic heterocycles. The van der Waals surface area contributed by atoms with E-state index in [-0.39, 0.29) is 24.0 Å². The maximum absolute atomic E-state index is 5.90. The highest BCUT2D eigenvalue weighted by atomic mass is 127. The summed E-state index contributed by atoms with van der Waals surface area (Å²) in [6, 6.07) is 7.30. The summed E-state index contributed by atoms with van der Waals surface area (Å²) in [4.78, 5) is 14.4. The third-order valence-corrected chi connectivity index (χ3v) is 5.29. The first-order valence-electron chi connectivity index (χ1n) is 8.51. The summed E-state index contributed by atoms with van der Waals surface area (Å²) in [5.41, 5.74) is 1.95. The molecule has 0 aliphatic carbocycles. The number of thiazole rings is 1. The lowest BCUT2D eigenvalue weighted by Gasteiger charge is -2.09. The Morgan fingerprint density at radius 2 is 1.93 bits per heavy atom. The van der Waals surface area contributed by atoms with Crippen LogP contribution in [-0.4, -0.2) is 34.7 Å². The van der Waals surface area contributed by atoms with Crippen LogP contribution in [0.15, 0.2) is 33.8 Å². The molecule has 0 bridgehead atoms. The normalized spacial score (nSPS) is 11.2. The summed E-state index contributed by atoms with van der Waals surface area (Å²) in [5, 5.41) is 12.2. The Bertz CT molecular complexity index is 905. The van der Waals surface area contributed by atoms with Crippen LogP contribution in [0.3, 0.4) is 0 Å². The molecule has 0 fully saturated rings. The van der Waals surface area contributed by atoms with E-state index in [9.17, 15) is 0 Å². The van der Waals surface area contributed by atoms with Crippen molar-refractivity contribution in [3.05, 3.63) is 50.8 Å². The van der Waals surface area contributed by atoms with Crippen molar-refractivity contribution >= 4 is 52.9 Å². The van der Waals surface area contributed by atoms with E-state index in [4.69, 9.17) is 16.1 Å². The zero-order valence-corrected chi connectivity index (χ0v) is 19.7. The van der Waals surface area contributed by atoms with Crippen LogP contribution in [-0.2, 0) is 13.0 Å². The second-order valence-electron chi connectivity index (χ2n) is 5.87. The molecule has 1 aromatic carbocycles. The van der Waals surface area contributed by atoms with E-state index >= 15 is 0 Å². The Hall–Kier alpha value is -1.72. The molecule has 0 radical (unpaired) electrons. The zero-order valence-electron chi connectivity index (χ0n) is 15.8. The Morgan fingerprint density at radius 1 is 1.18 bits per heavy atom. The second kappa shape index (κ2) is 10.7. The Morgan fingerprint density at radius 3 is 2.57 bits per heavy atom. The van der Waals surface area contributed by atoms with Gasteiger partial charge in [-0.1, -0.05) is 16.8 Å². The van der Waals surface area contributed by atoms with E-state index in [0.29, 0.717) is 29.2 Å². The third-order valence-electron chi connectivity index (χ3n) is 3.91. The first-order chi connectivity index (χ1) is 13.0. The number of aliphatic imine (C=N–C) groups is 1. The number of nitrogens with one attached hydrogen (secondary N) is 2. The van der Waals surface area contributed by atoms with Crippen molar-refractivity contribution in [3.8, 4) is 11.4 Å². The van der Waals surface area contributed by atoms with Crippen molar-refractivity contribution in [2.45, 2.75) is 26.8 Å². The molecular formula is C18H22ClIN6OS. The lowest BCUT2D eigenvalue weighted by atomic mass is 10.2. The highest BCUT2D eigenvalue weighted by Crippen LogP contribution is 2.18. The average molecular weight is 533 g/mol. The maximum Gasteiger partial charge on any atom is 0.246 e. The maximum atomic E-state index is 5.90. The number of halogens is 2. The molecule has 7 nitrogen and oxygen atoms in total. The lowest BCUT2D eigenvalue weighted by Crippen LogP contribution is -2.37. The van der Waals surface area contributed by atoms with Crippen molar-refractivity contribution in [1.82, 2.24) is 25.8 Å². The van der Waals surface area contributed by atoms with Gasteiger partial charge >= 0.3 is 0 Å². The van der Waals surface area contributed by atoms with Crippen molar-refractivity contribution in [1.29, 1.82) is 0 Å². The highest BCUT2D eigenvalue weighted by Gasteiger charge is 2.09. The molecule has 10 heteroatoms. The second-order valence-corrected chi connectivity index (χ2v) is 7.59. The van der Waals surface area contributed by atoms with E-state index in [1.165, 1.54) is 4.88 Å². The molecule has 2 N–H and O–H groups in total. The molecule has 0 aliphatic heterocycles. The molecule has 0 saturated carbocycles. The lowest BCUT2D eigenvalue weighted by molar-refractivity contribution is 0.375. The fraction of sp³-hybridized carbons (Fsp3) is 0.333. The summed E-state index contributed by atoms with van der Waals surface area (Å²) in [5.74, 6) is 1.68. The van der Waals surface area contributed by atoms with Gasteiger partial charge in [0.25, 0.3) is 0 Å². The molecule has 0 amide bonds. The predicted octanol–water partition coefficient (Wildman–Crippen LogP) is 3.99. The van der Waals surface area contributed by atoms with Crippen molar-refractivity contribution in [3.63, 3.8) is 0 Å². The number of guanidine groups is 1. The molecule has 150 valence electrons. The summed E-state index contributed by atoms with van der Waals surface area (Å²) in [6.07, 6.45) is 0.849. The minimum absolute atomic E-state index is 0. The average Bonchev–Trinajstić information content (AvgIpc) is 3.25. The van der Waals surface area contributed by atoms with Crippen molar-refractivity contribution in [2.24, 2.45) is 4.99 Å². The monoisotopic (exact) mass is 532 g/mol. The van der Waals surface area contributed by atoms with Gasteiger partial charge in [-0.15, -0.1) is 35.3 Å². The van der Waals surface area contributed by atoms with Crippen LogP contribution in [0.5, 0.6) is 0 Å². The number of hydrogen-bond donors (Lipinski definition) is 2. The summed E-state index contributed by atoms with van der Waals surface area (Å²) >= 11 is 7.63. The molecule has 3 aromatic rings. The largest absolute Gasteiger partial charge is 0.356 e. The van der Waals surface area contributed by atoms with Gasteiger partial charge in [-0.05, 0) is 38.1 Å². The third kappa shape index (κ3) is 6.14. The minimum atomic E-state index is 0. The fourth-order valence-corrected chi connectivity index (χ4v) is 3.42. The van der Waals surface area contributed by atoms with Crippen molar-refractivity contribution < 1.29 is 4.52 Å². The van der Waals surface area contributed by atoms with Gasteiger partial charge in [-0.25, -0.2) is 4.98 Å². The Kier molecular flexibility index (Phi) is 8.64. The molecule has 0 aliphatic rings. The number of benzene rings is 1. The quantitative estimate of drug-likeness (QED) is 0.284. The van der Waals surface area contributed by atoms with Crippen LogP contribution >= 0.6 is 46.9 Å². The van der Waals surface area contributed by atoms with E-state index in [1.54, 1.807) is 30.5 Å². The molecule has 0 unspecified atom stereocenters. The van der Waals surface area contributed by atoms with Gasteiger partial charge in [0.2, 0.25) is 11.7 Å². The van der Waals surface area contributed by atoms with Gasteiger partial charge in [0.1, 0.15) is 0 Å². The topological polar surface area (TPSA) is 88.2 Å². The number of nitrogens with zero attached hydrogens (tertiary/aromatic N) is 4. The number of rotatable bonds is 6. The van der Waals surface area contributed by atoms with Crippen LogP contribution in [0.2, 0.25) is 5.02 Å². The van der Waals surface area contributed by atoms with Gasteiger partial charge < -0.3 is 15.2 Å². The summed E-state index contributed by atoms with van der Waals surface area (Å²) in [7, 11) is 1.72. The SMILES string of the molecule is CN=C(NCCc1nc(C)c(C)s1)NCc1nc(-c2ccc(Cl)cc2)no1.I. The summed E-state index contributed by atoms with van der Waals surface area (Å²) in [6.45, 7) is 5.25. The molecular weight excluding hydrogens is 511 g/mol. The van der Waals surface area contributed by atoms with Crippen LogP contribution in [0, 0.1) is 13.8 Å². The predicted molar refractivity (Wildman–Crippen MR) is 124 cm³/mol. The first kappa shape index (κ1) is 22.6. The van der Waals surface area contributed by atoms with Crippen LogP contribution < -0.4 is 10.6 Å². The van der Waals surface area contributed by atoms with Gasteiger partial charge in [-0.2, -0.15) is 4.98 Å².